The number of rotatable bonds is 12. The summed E-state index contributed by atoms with van der Waals surface area (Å²) in [5.41, 5.74) is 4.36. The molecular weight excluding hydrogens is 576 g/mol. The average Bonchev–Trinajstić information content (AvgIpc) is 3.48. The summed E-state index contributed by atoms with van der Waals surface area (Å²) in [6.45, 7) is 1.68. The van der Waals surface area contributed by atoms with Crippen LogP contribution in [0.3, 0.4) is 0 Å². The highest BCUT2D eigenvalue weighted by Gasteiger charge is 2.62. The van der Waals surface area contributed by atoms with E-state index in [9.17, 15) is 0 Å². The first-order chi connectivity index (χ1) is 22.8. The monoisotopic (exact) mass is 620 g/mol. The fraction of sp³-hybridized carbons (Fsp3) is 0.400. The zero-order valence-electron chi connectivity index (χ0n) is 26.3. The first kappa shape index (κ1) is 31.3. The summed E-state index contributed by atoms with van der Waals surface area (Å²) >= 11 is 0. The van der Waals surface area contributed by atoms with E-state index in [-0.39, 0.29) is 12.2 Å². The minimum absolute atomic E-state index is 0.375. The lowest BCUT2D eigenvalue weighted by molar-refractivity contribution is -0.252. The summed E-state index contributed by atoms with van der Waals surface area (Å²) < 4.78 is 41.5. The molecule has 2 aliphatic carbocycles. The van der Waals surface area contributed by atoms with Crippen molar-refractivity contribution >= 4 is 0 Å². The normalized spacial score (nSPS) is 27.0. The molecule has 6 heteroatoms. The molecule has 0 amide bonds. The molecule has 0 unspecified atom stereocenters. The number of hydrogen-bond acceptors (Lipinski definition) is 6. The van der Waals surface area contributed by atoms with Gasteiger partial charge in [0.15, 0.2) is 5.79 Å². The molecule has 0 N–H and O–H groups in total. The van der Waals surface area contributed by atoms with E-state index in [2.05, 4.69) is 48.5 Å². The van der Waals surface area contributed by atoms with Crippen LogP contribution in [-0.2, 0) is 54.8 Å². The Kier molecular flexibility index (Phi) is 10.2. The van der Waals surface area contributed by atoms with Crippen molar-refractivity contribution in [1.29, 1.82) is 0 Å². The molecule has 6 atom stereocenters. The van der Waals surface area contributed by atoms with Crippen molar-refractivity contribution < 1.29 is 28.4 Å². The third-order valence-corrected chi connectivity index (χ3v) is 9.40. The van der Waals surface area contributed by atoms with E-state index in [0.717, 1.165) is 47.9 Å². The molecule has 3 aliphatic rings. The van der Waals surface area contributed by atoms with Gasteiger partial charge in [0.05, 0.1) is 26.4 Å². The number of fused-ring (bicyclic) bond motifs is 1. The van der Waals surface area contributed by atoms with Gasteiger partial charge in [0.25, 0.3) is 0 Å². The van der Waals surface area contributed by atoms with Gasteiger partial charge < -0.3 is 28.4 Å². The predicted molar refractivity (Wildman–Crippen MR) is 176 cm³/mol. The van der Waals surface area contributed by atoms with Crippen LogP contribution in [0.4, 0.5) is 0 Å². The van der Waals surface area contributed by atoms with Crippen LogP contribution in [0.2, 0.25) is 0 Å². The molecule has 2 saturated carbocycles. The quantitative estimate of drug-likeness (QED) is 0.161. The highest BCUT2D eigenvalue weighted by molar-refractivity contribution is 5.18. The first-order valence-corrected chi connectivity index (χ1v) is 16.7. The molecule has 0 bridgehead atoms. The lowest BCUT2D eigenvalue weighted by atomic mass is 9.84. The summed E-state index contributed by atoms with van der Waals surface area (Å²) in [5.74, 6) is -0.644. The molecular formula is C40H44O6. The maximum atomic E-state index is 7.01. The van der Waals surface area contributed by atoms with Gasteiger partial charge in [0.2, 0.25) is 0 Å². The molecule has 1 aliphatic heterocycles. The van der Waals surface area contributed by atoms with Crippen molar-refractivity contribution in [3.63, 3.8) is 0 Å². The largest absolute Gasteiger partial charge is 0.368 e. The number of hydrogen-bond donors (Lipinski definition) is 0. The first-order valence-electron chi connectivity index (χ1n) is 16.7. The molecule has 0 aromatic heterocycles. The van der Waals surface area contributed by atoms with Crippen molar-refractivity contribution in [2.45, 2.75) is 101 Å². The minimum atomic E-state index is -0.644. The Morgan fingerprint density at radius 2 is 0.717 bits per heavy atom. The van der Waals surface area contributed by atoms with Gasteiger partial charge in [0.1, 0.15) is 36.6 Å². The van der Waals surface area contributed by atoms with E-state index in [1.807, 2.05) is 72.8 Å². The fourth-order valence-electron chi connectivity index (χ4n) is 7.07. The summed E-state index contributed by atoms with van der Waals surface area (Å²) in [6, 6.07) is 41.1. The highest BCUT2D eigenvalue weighted by atomic mass is 16.8. The Morgan fingerprint density at radius 1 is 0.413 bits per heavy atom. The van der Waals surface area contributed by atoms with Crippen LogP contribution in [0.1, 0.15) is 54.4 Å². The standard InChI is InChI=1S/C40H44O6/c1-6-16-30(17-7-1)26-41-34-35(42-27-31-18-8-2-9-19-31)37(44-29-33-22-12-4-13-23-33)39-38(45-40(46-39)24-14-5-15-25-40)36(34)43-28-32-20-10-3-11-21-32/h1-4,6-13,16-23,34-39H,5,14-15,24-29H2/t34-,35-,36+,37+,38-,39+/m1/s1. The molecule has 240 valence electrons. The maximum absolute atomic E-state index is 7.01. The maximum Gasteiger partial charge on any atom is 0.169 e. The van der Waals surface area contributed by atoms with Gasteiger partial charge in [-0.05, 0) is 35.1 Å². The molecule has 4 aromatic rings. The Balaban J connectivity index is 1.25. The van der Waals surface area contributed by atoms with Gasteiger partial charge in [-0.1, -0.05) is 128 Å². The molecule has 1 heterocycles. The number of benzene rings is 4. The summed E-state index contributed by atoms with van der Waals surface area (Å²) in [5, 5.41) is 0. The van der Waals surface area contributed by atoms with Gasteiger partial charge in [-0.25, -0.2) is 0 Å². The topological polar surface area (TPSA) is 55.4 Å². The van der Waals surface area contributed by atoms with Crippen LogP contribution >= 0.6 is 0 Å². The van der Waals surface area contributed by atoms with Gasteiger partial charge in [-0.3, -0.25) is 0 Å². The molecule has 1 spiro atoms. The van der Waals surface area contributed by atoms with E-state index < -0.39 is 30.2 Å². The second-order valence-corrected chi connectivity index (χ2v) is 12.7. The fourth-order valence-corrected chi connectivity index (χ4v) is 7.07. The molecule has 1 saturated heterocycles. The third-order valence-electron chi connectivity index (χ3n) is 9.40. The summed E-state index contributed by atoms with van der Waals surface area (Å²) in [7, 11) is 0. The molecule has 0 radical (unpaired) electrons. The van der Waals surface area contributed by atoms with Crippen LogP contribution in [0.15, 0.2) is 121 Å². The van der Waals surface area contributed by atoms with Gasteiger partial charge in [-0.15, -0.1) is 0 Å². The van der Waals surface area contributed by atoms with Crippen LogP contribution in [0, 0.1) is 0 Å². The third kappa shape index (κ3) is 7.44. The Labute approximate surface area is 272 Å². The van der Waals surface area contributed by atoms with Crippen molar-refractivity contribution in [2.24, 2.45) is 0 Å². The lowest BCUT2D eigenvalue weighted by Crippen LogP contribution is -2.65. The van der Waals surface area contributed by atoms with E-state index >= 15 is 0 Å². The second-order valence-electron chi connectivity index (χ2n) is 12.7. The molecule has 6 nitrogen and oxygen atoms in total. The predicted octanol–water partition coefficient (Wildman–Crippen LogP) is 7.79. The van der Waals surface area contributed by atoms with Crippen molar-refractivity contribution in [3.8, 4) is 0 Å². The van der Waals surface area contributed by atoms with Crippen molar-refractivity contribution in [1.82, 2.24) is 0 Å². The van der Waals surface area contributed by atoms with Crippen LogP contribution in [0.5, 0.6) is 0 Å². The Bertz CT molecular complexity index is 1350. The van der Waals surface area contributed by atoms with Crippen LogP contribution in [-0.4, -0.2) is 42.4 Å². The molecule has 7 rings (SSSR count). The number of ether oxygens (including phenoxy) is 6. The molecule has 3 fully saturated rings. The highest BCUT2D eigenvalue weighted by Crippen LogP contribution is 2.47. The summed E-state index contributed by atoms with van der Waals surface area (Å²) in [4.78, 5) is 0. The average molecular weight is 621 g/mol. The Hall–Kier alpha value is -3.36. The van der Waals surface area contributed by atoms with Crippen LogP contribution in [0.25, 0.3) is 0 Å². The SMILES string of the molecule is c1ccc(CO[C@@H]2[C@@H](OCc3ccccc3)[C@H](OCc3ccccc3)[C@@H]3OC4(CCCCC4)O[C@@H]3[C@H]2OCc2ccccc2)cc1. The minimum Gasteiger partial charge on any atom is -0.368 e. The second kappa shape index (κ2) is 15.0. The zero-order chi connectivity index (χ0) is 31.0. The lowest BCUT2D eigenvalue weighted by Gasteiger charge is -2.46. The van der Waals surface area contributed by atoms with E-state index in [0.29, 0.717) is 26.4 Å². The smallest absolute Gasteiger partial charge is 0.169 e. The van der Waals surface area contributed by atoms with E-state index in [4.69, 9.17) is 28.4 Å². The van der Waals surface area contributed by atoms with E-state index in [1.54, 1.807) is 0 Å². The zero-order valence-corrected chi connectivity index (χ0v) is 26.3. The van der Waals surface area contributed by atoms with Crippen molar-refractivity contribution in [2.75, 3.05) is 0 Å². The van der Waals surface area contributed by atoms with Gasteiger partial charge in [-0.2, -0.15) is 0 Å². The Morgan fingerprint density at radius 3 is 1.04 bits per heavy atom. The molecule has 46 heavy (non-hydrogen) atoms. The van der Waals surface area contributed by atoms with Crippen molar-refractivity contribution in [3.05, 3.63) is 144 Å². The van der Waals surface area contributed by atoms with Gasteiger partial charge in [0, 0.05) is 12.8 Å². The van der Waals surface area contributed by atoms with Gasteiger partial charge >= 0.3 is 0 Å². The van der Waals surface area contributed by atoms with Crippen LogP contribution < -0.4 is 0 Å². The molecule has 4 aromatic carbocycles. The summed E-state index contributed by atoms with van der Waals surface area (Å²) in [6.07, 6.45) is 2.49. The van der Waals surface area contributed by atoms with E-state index in [1.165, 1.54) is 6.42 Å².